The predicted octanol–water partition coefficient (Wildman–Crippen LogP) is -0.147. The molecule has 0 aliphatic heterocycles. The molecule has 0 saturated heterocycles. The average Bonchev–Trinajstić information content (AvgIpc) is 3.16. The van der Waals surface area contributed by atoms with E-state index in [-0.39, 0.29) is 30.3 Å². The van der Waals surface area contributed by atoms with E-state index in [1.807, 2.05) is 30.3 Å². The Hall–Kier alpha value is 0.367. The molecule has 2 aromatic carbocycles. The monoisotopic (exact) mass is 550 g/mol. The van der Waals surface area contributed by atoms with Crippen molar-refractivity contribution in [2.45, 2.75) is 66.5 Å². The van der Waals surface area contributed by atoms with Crippen LogP contribution in [0, 0.1) is 0 Å². The van der Waals surface area contributed by atoms with E-state index in [9.17, 15) is 0 Å². The second kappa shape index (κ2) is 18.2. The van der Waals surface area contributed by atoms with Crippen molar-refractivity contribution in [2.75, 3.05) is 0 Å². The van der Waals surface area contributed by atoms with E-state index in [2.05, 4.69) is 46.9 Å². The Labute approximate surface area is 177 Å². The third kappa shape index (κ3) is 11.8. The van der Waals surface area contributed by atoms with Gasteiger partial charge in [0.2, 0.25) is 0 Å². The van der Waals surface area contributed by atoms with Crippen molar-refractivity contribution in [1.29, 1.82) is 0 Å². The number of hydrogen-bond donors (Lipinski definition) is 0. The quantitative estimate of drug-likeness (QED) is 0.368. The van der Waals surface area contributed by atoms with E-state index >= 15 is 0 Å². The van der Waals surface area contributed by atoms with Crippen molar-refractivity contribution in [3.05, 3.63) is 58.7 Å². The fraction of sp³-hybridized carbons (Fsp3) is 0.500. The molecule has 2 aromatic rings. The first-order valence-corrected chi connectivity index (χ1v) is 16.4. The molecular weight excluding hydrogens is 518 g/mol. The van der Waals surface area contributed by atoms with Gasteiger partial charge in [-0.15, -0.1) is 0 Å². The second-order valence-electron chi connectivity index (χ2n) is 5.53. The normalized spacial score (nSPS) is 8.67. The first-order valence-electron chi connectivity index (χ1n) is 8.49. The largest absolute Gasteiger partial charge is 1.00 e. The second-order valence-corrected chi connectivity index (χ2v) is 18.3. The molecule has 0 heterocycles. The molecule has 24 heavy (non-hydrogen) atoms. The SMILES string of the molecule is CCc1c[c-](CC)c(CC)c1CC.C[Si](C)=[Hf+2].[Cl-].[Cl-].c1cc[cH-]c1. The van der Waals surface area contributed by atoms with Crippen molar-refractivity contribution in [1.82, 2.24) is 0 Å². The zero-order valence-corrected chi connectivity index (χ0v) is 22.2. The predicted molar refractivity (Wildman–Crippen MR) is 99.1 cm³/mol. The van der Waals surface area contributed by atoms with E-state index in [1.165, 1.54) is 48.7 Å². The molecule has 0 spiro atoms. The fourth-order valence-electron chi connectivity index (χ4n) is 2.60. The molecule has 2 rings (SSSR count). The van der Waals surface area contributed by atoms with E-state index in [1.54, 1.807) is 22.3 Å². The Morgan fingerprint density at radius 1 is 0.958 bits per heavy atom. The third-order valence-corrected chi connectivity index (χ3v) is 3.51. The summed E-state index contributed by atoms with van der Waals surface area (Å²) in [6, 6.07) is 12.4. The van der Waals surface area contributed by atoms with Crippen LogP contribution in [0.25, 0.3) is 0 Å². The Bertz CT molecular complexity index is 468. The maximum atomic E-state index is 2.41. The molecule has 0 amide bonds. The summed E-state index contributed by atoms with van der Waals surface area (Å²) in [6.07, 6.45) is 4.78. The fourth-order valence-corrected chi connectivity index (χ4v) is 2.60. The van der Waals surface area contributed by atoms with Crippen LogP contribution in [-0.2, 0) is 48.7 Å². The third-order valence-electron chi connectivity index (χ3n) is 3.51. The van der Waals surface area contributed by atoms with Gasteiger partial charge < -0.3 is 24.8 Å². The first kappa shape index (κ1) is 29.1. The van der Waals surface area contributed by atoms with Gasteiger partial charge in [-0.3, -0.25) is 0 Å². The van der Waals surface area contributed by atoms with E-state index in [0.717, 1.165) is 0 Å². The molecule has 0 radical (unpaired) electrons. The van der Waals surface area contributed by atoms with Gasteiger partial charge in [0, 0.05) is 0 Å². The van der Waals surface area contributed by atoms with Gasteiger partial charge in [0.05, 0.1) is 0 Å². The molecule has 0 aromatic heterocycles. The average molecular weight is 550 g/mol. The number of rotatable bonds is 4. The van der Waals surface area contributed by atoms with Crippen molar-refractivity contribution in [3.63, 3.8) is 0 Å². The van der Waals surface area contributed by atoms with E-state index < -0.39 is 0 Å². The van der Waals surface area contributed by atoms with Crippen molar-refractivity contribution >= 4 is 5.49 Å². The Balaban J connectivity index is -0.000000335. The number of hydrogen-bond acceptors (Lipinski definition) is 0. The van der Waals surface area contributed by atoms with Crippen LogP contribution in [0.1, 0.15) is 49.9 Å². The Kier molecular flexibility index (Phi) is 22.1. The van der Waals surface area contributed by atoms with Crippen molar-refractivity contribution < 1.29 is 47.8 Å². The van der Waals surface area contributed by atoms with Crippen LogP contribution in [0.4, 0.5) is 0 Å². The molecule has 0 N–H and O–H groups in total. The maximum absolute atomic E-state index is 2.41. The van der Waals surface area contributed by atoms with E-state index in [0.29, 0.717) is 0 Å². The van der Waals surface area contributed by atoms with Crippen molar-refractivity contribution in [2.24, 2.45) is 0 Å². The van der Waals surface area contributed by atoms with Gasteiger partial charge in [-0.2, -0.15) is 46.5 Å². The number of halogens is 2. The van der Waals surface area contributed by atoms with Gasteiger partial charge >= 0.3 is 41.6 Å². The standard InChI is InChI=1S/C13H21.C5H5.C2H6Si.2ClH.Hf/c1-5-10-9-11(6-2)13(8-4)12(10)7-3;1-2-4-5-3-1;1-3-2;;;/h9H,5-8H2,1-4H3;1-5H;1-2H3;2*1H;/q2*-1;;;;+2/p-2. The summed E-state index contributed by atoms with van der Waals surface area (Å²) < 4.78 is 0. The molecule has 0 fully saturated rings. The minimum Gasteiger partial charge on any atom is -1.00 e. The summed E-state index contributed by atoms with van der Waals surface area (Å²) in [5, 5.41) is 0. The van der Waals surface area contributed by atoms with Gasteiger partial charge in [0.25, 0.3) is 0 Å². The summed E-state index contributed by atoms with van der Waals surface area (Å²) in [4.78, 5) is 0. The van der Waals surface area contributed by atoms with E-state index in [4.69, 9.17) is 0 Å². The molecule has 0 nitrogen and oxygen atoms in total. The molecular formula is C20H32Cl2HfSi-2. The summed E-state index contributed by atoms with van der Waals surface area (Å²) in [6.45, 7) is 13.7. The summed E-state index contributed by atoms with van der Waals surface area (Å²) in [5.41, 5.74) is 6.67. The minimum absolute atomic E-state index is 0. The zero-order chi connectivity index (χ0) is 17.0. The number of aryl methyl sites for hydroxylation is 2. The van der Waals surface area contributed by atoms with Crippen molar-refractivity contribution in [3.8, 4) is 0 Å². The van der Waals surface area contributed by atoms with Gasteiger partial charge in [0.15, 0.2) is 0 Å². The smallest absolute Gasteiger partial charge is 0.172 e. The summed E-state index contributed by atoms with van der Waals surface area (Å²) >= 11 is 1.45. The van der Waals surface area contributed by atoms with Crippen LogP contribution in [-0.4, -0.2) is 5.49 Å². The maximum Gasteiger partial charge on any atom is -0.172 e. The van der Waals surface area contributed by atoms with Gasteiger partial charge in [0.1, 0.15) is 0 Å². The van der Waals surface area contributed by atoms with Crippen LogP contribution in [0.15, 0.2) is 36.4 Å². The Morgan fingerprint density at radius 2 is 1.46 bits per heavy atom. The molecule has 0 atom stereocenters. The molecule has 0 saturated carbocycles. The van der Waals surface area contributed by atoms with Gasteiger partial charge in [-0.1, -0.05) is 53.4 Å². The topological polar surface area (TPSA) is 0 Å². The molecule has 4 heteroatoms. The summed E-state index contributed by atoms with van der Waals surface area (Å²) in [7, 11) is 0. The molecule has 0 aliphatic rings. The summed E-state index contributed by atoms with van der Waals surface area (Å²) in [5.74, 6) is 0. The van der Waals surface area contributed by atoms with Crippen LogP contribution < -0.4 is 24.8 Å². The molecule has 0 aliphatic carbocycles. The Morgan fingerprint density at radius 3 is 1.71 bits per heavy atom. The molecule has 0 unspecified atom stereocenters. The van der Waals surface area contributed by atoms with Crippen LogP contribution in [0.5, 0.6) is 0 Å². The zero-order valence-electron chi connectivity index (χ0n) is 16.0. The molecule has 0 bridgehead atoms. The van der Waals surface area contributed by atoms with Gasteiger partial charge in [-0.25, -0.2) is 12.1 Å². The first-order chi connectivity index (χ1) is 10.5. The van der Waals surface area contributed by atoms with Crippen LogP contribution >= 0.6 is 0 Å². The van der Waals surface area contributed by atoms with Gasteiger partial charge in [-0.05, 0) is 0 Å². The van der Waals surface area contributed by atoms with Crippen LogP contribution in [0.3, 0.4) is 0 Å². The molecule has 136 valence electrons. The minimum atomic E-state index is 0. The van der Waals surface area contributed by atoms with Crippen LogP contribution in [0.2, 0.25) is 13.1 Å².